The third kappa shape index (κ3) is 6.23. The summed E-state index contributed by atoms with van der Waals surface area (Å²) in [6, 6.07) is 15.4. The zero-order valence-corrected chi connectivity index (χ0v) is 20.4. The summed E-state index contributed by atoms with van der Waals surface area (Å²) in [5, 5.41) is 0. The molecule has 10 heteroatoms. The Kier molecular flexibility index (Phi) is 8.37. The second-order valence-electron chi connectivity index (χ2n) is 9.06. The fourth-order valence-electron chi connectivity index (χ4n) is 4.66. The molecule has 2 aliphatic heterocycles. The highest BCUT2D eigenvalue weighted by molar-refractivity contribution is 5.19. The molecule has 2 aliphatic rings. The molecule has 6 nitrogen and oxygen atoms in total. The van der Waals surface area contributed by atoms with Crippen molar-refractivity contribution in [2.24, 2.45) is 0 Å². The molecule has 3 aromatic carbocycles. The smallest absolute Gasteiger partial charge is 0.186 e. The van der Waals surface area contributed by atoms with E-state index in [0.717, 1.165) is 42.0 Å². The van der Waals surface area contributed by atoms with Crippen molar-refractivity contribution in [2.75, 3.05) is 13.7 Å². The molecule has 0 saturated carbocycles. The maximum Gasteiger partial charge on any atom is 0.186 e. The third-order valence-corrected chi connectivity index (χ3v) is 6.32. The molecule has 0 radical (unpaired) electrons. The van der Waals surface area contributed by atoms with Crippen LogP contribution in [-0.2, 0) is 41.6 Å². The van der Waals surface area contributed by atoms with Gasteiger partial charge < -0.3 is 28.4 Å². The number of hydrogen-bond acceptors (Lipinski definition) is 6. The van der Waals surface area contributed by atoms with Gasteiger partial charge in [0.2, 0.25) is 0 Å². The molecule has 2 saturated heterocycles. The Hall–Kier alpha value is -2.86. The highest BCUT2D eigenvalue weighted by Gasteiger charge is 2.51. The first-order chi connectivity index (χ1) is 18.4. The molecule has 6 atom stereocenters. The van der Waals surface area contributed by atoms with Gasteiger partial charge in [0, 0.05) is 24.8 Å². The minimum absolute atomic E-state index is 0.153. The van der Waals surface area contributed by atoms with E-state index >= 15 is 0 Å². The summed E-state index contributed by atoms with van der Waals surface area (Å²) in [7, 11) is 1.42. The maximum atomic E-state index is 13.8. The first-order valence-electron chi connectivity index (χ1n) is 12.0. The Labute approximate surface area is 217 Å². The van der Waals surface area contributed by atoms with Crippen molar-refractivity contribution in [3.63, 3.8) is 0 Å². The van der Waals surface area contributed by atoms with Crippen LogP contribution < -0.4 is 0 Å². The summed E-state index contributed by atoms with van der Waals surface area (Å²) in [6.45, 7) is -0.207. The molecule has 3 aromatic rings. The van der Waals surface area contributed by atoms with Gasteiger partial charge in [-0.05, 0) is 35.4 Å². The zero-order valence-electron chi connectivity index (χ0n) is 20.4. The molecule has 0 amide bonds. The summed E-state index contributed by atoms with van der Waals surface area (Å²) < 4.78 is 91.0. The summed E-state index contributed by atoms with van der Waals surface area (Å²) in [5.74, 6) is -2.97. The minimum Gasteiger partial charge on any atom is -0.368 e. The second kappa shape index (κ2) is 11.9. The number of fused-ring (bicyclic) bond motifs is 1. The molecule has 0 aromatic heterocycles. The SMILES string of the molecule is CO[C@H]1O[C@@H]2COC(c3ccccc3)O[C@H]2[C@H](OCc2cc(F)cc(F)c2)[C@H]1OCc1cc(F)cc(F)c1. The summed E-state index contributed by atoms with van der Waals surface area (Å²) in [4.78, 5) is 0. The number of methoxy groups -OCH3 is 1. The van der Waals surface area contributed by atoms with E-state index in [4.69, 9.17) is 28.4 Å². The van der Waals surface area contributed by atoms with Crippen molar-refractivity contribution in [1.29, 1.82) is 0 Å². The van der Waals surface area contributed by atoms with Crippen LogP contribution in [0.2, 0.25) is 0 Å². The van der Waals surface area contributed by atoms with Gasteiger partial charge in [0.05, 0.1) is 19.8 Å². The molecule has 2 heterocycles. The van der Waals surface area contributed by atoms with Crippen LogP contribution in [0.5, 0.6) is 0 Å². The Morgan fingerprint density at radius 2 is 1.29 bits per heavy atom. The first-order valence-corrected chi connectivity index (χ1v) is 12.0. The number of ether oxygens (including phenoxy) is 6. The van der Waals surface area contributed by atoms with Crippen molar-refractivity contribution in [3.05, 3.63) is 107 Å². The fraction of sp³-hybridized carbons (Fsp3) is 0.357. The van der Waals surface area contributed by atoms with Gasteiger partial charge in [-0.2, -0.15) is 0 Å². The van der Waals surface area contributed by atoms with Crippen LogP contribution in [0.25, 0.3) is 0 Å². The highest BCUT2D eigenvalue weighted by atomic mass is 19.1. The summed E-state index contributed by atoms with van der Waals surface area (Å²) >= 11 is 0. The van der Waals surface area contributed by atoms with Crippen LogP contribution in [0.4, 0.5) is 17.6 Å². The molecular formula is C28H26F4O6. The van der Waals surface area contributed by atoms with E-state index in [0.29, 0.717) is 0 Å². The quantitative estimate of drug-likeness (QED) is 0.371. The summed E-state index contributed by atoms with van der Waals surface area (Å²) in [6.07, 6.45) is -4.81. The van der Waals surface area contributed by atoms with Crippen LogP contribution in [0.15, 0.2) is 66.7 Å². The van der Waals surface area contributed by atoms with Crippen LogP contribution in [0.3, 0.4) is 0 Å². The molecule has 0 aliphatic carbocycles. The average Bonchev–Trinajstić information content (AvgIpc) is 2.89. The molecule has 0 N–H and O–H groups in total. The number of benzene rings is 3. The number of rotatable bonds is 8. The predicted octanol–water partition coefficient (Wildman–Crippen LogP) is 5.20. The van der Waals surface area contributed by atoms with E-state index in [1.807, 2.05) is 30.3 Å². The second-order valence-corrected chi connectivity index (χ2v) is 9.06. The third-order valence-electron chi connectivity index (χ3n) is 6.32. The maximum absolute atomic E-state index is 13.8. The molecule has 202 valence electrons. The topological polar surface area (TPSA) is 55.4 Å². The standard InChI is InChI=1S/C28H26F4O6/c1-33-28-26(35-14-17-9-21(31)12-22(32)10-17)25(34-13-16-7-19(29)11-20(30)8-16)24-23(37-28)15-36-27(38-24)18-5-3-2-4-6-18/h2-12,23-28H,13-15H2,1H3/t23-,24-,25+,26-,27?,28+/m1/s1. The Balaban J connectivity index is 1.41. The largest absolute Gasteiger partial charge is 0.368 e. The summed E-state index contributed by atoms with van der Waals surface area (Å²) in [5.41, 5.74) is 1.29. The van der Waals surface area contributed by atoms with Crippen molar-refractivity contribution >= 4 is 0 Å². The lowest BCUT2D eigenvalue weighted by molar-refractivity contribution is -0.369. The van der Waals surface area contributed by atoms with Gasteiger partial charge in [-0.1, -0.05) is 30.3 Å². The molecule has 5 rings (SSSR count). The van der Waals surface area contributed by atoms with Crippen molar-refractivity contribution in [2.45, 2.75) is 50.2 Å². The Morgan fingerprint density at radius 1 is 0.737 bits per heavy atom. The monoisotopic (exact) mass is 534 g/mol. The van der Waals surface area contributed by atoms with Gasteiger partial charge in [-0.25, -0.2) is 17.6 Å². The molecule has 2 fully saturated rings. The highest BCUT2D eigenvalue weighted by Crippen LogP contribution is 2.37. The predicted molar refractivity (Wildman–Crippen MR) is 126 cm³/mol. The molecule has 0 bridgehead atoms. The van der Waals surface area contributed by atoms with E-state index in [9.17, 15) is 17.6 Å². The van der Waals surface area contributed by atoms with Gasteiger partial charge >= 0.3 is 0 Å². The zero-order chi connectivity index (χ0) is 26.6. The van der Waals surface area contributed by atoms with Gasteiger partial charge in [0.15, 0.2) is 12.6 Å². The first kappa shape index (κ1) is 26.7. The van der Waals surface area contributed by atoms with Gasteiger partial charge in [-0.3, -0.25) is 0 Å². The normalized spacial score (nSPS) is 27.2. The molecular weight excluding hydrogens is 508 g/mol. The van der Waals surface area contributed by atoms with E-state index in [-0.39, 0.29) is 30.9 Å². The van der Waals surface area contributed by atoms with Gasteiger partial charge in [0.1, 0.15) is 47.7 Å². The average molecular weight is 535 g/mol. The van der Waals surface area contributed by atoms with E-state index in [2.05, 4.69) is 0 Å². The van der Waals surface area contributed by atoms with E-state index in [1.54, 1.807) is 0 Å². The molecule has 1 unspecified atom stereocenters. The van der Waals surface area contributed by atoms with Crippen molar-refractivity contribution < 1.29 is 46.0 Å². The lowest BCUT2D eigenvalue weighted by Crippen LogP contribution is -2.63. The van der Waals surface area contributed by atoms with Crippen molar-refractivity contribution in [3.8, 4) is 0 Å². The van der Waals surface area contributed by atoms with Gasteiger partial charge in [-0.15, -0.1) is 0 Å². The van der Waals surface area contributed by atoms with Crippen LogP contribution in [-0.4, -0.2) is 44.4 Å². The number of hydrogen-bond donors (Lipinski definition) is 0. The van der Waals surface area contributed by atoms with E-state index in [1.165, 1.54) is 7.11 Å². The molecule has 0 spiro atoms. The van der Waals surface area contributed by atoms with Gasteiger partial charge in [0.25, 0.3) is 0 Å². The fourth-order valence-corrected chi connectivity index (χ4v) is 4.66. The Morgan fingerprint density at radius 3 is 1.84 bits per heavy atom. The Bertz CT molecular complexity index is 1190. The van der Waals surface area contributed by atoms with Crippen LogP contribution >= 0.6 is 0 Å². The lowest BCUT2D eigenvalue weighted by Gasteiger charge is -2.48. The molecule has 38 heavy (non-hydrogen) atoms. The minimum atomic E-state index is -0.954. The van der Waals surface area contributed by atoms with Crippen LogP contribution in [0, 0.1) is 23.3 Å². The number of halogens is 4. The van der Waals surface area contributed by atoms with Crippen LogP contribution in [0.1, 0.15) is 23.0 Å². The van der Waals surface area contributed by atoms with E-state index < -0.39 is 60.3 Å². The lowest BCUT2D eigenvalue weighted by atomic mass is 9.97. The van der Waals surface area contributed by atoms with Crippen molar-refractivity contribution in [1.82, 2.24) is 0 Å².